The Morgan fingerprint density at radius 2 is 1.81 bits per heavy atom. The van der Waals surface area contributed by atoms with Gasteiger partial charge in [0.2, 0.25) is 5.91 Å². The van der Waals surface area contributed by atoms with Gasteiger partial charge in [-0.25, -0.2) is 0 Å². The van der Waals surface area contributed by atoms with E-state index in [1.165, 1.54) is 18.4 Å². The summed E-state index contributed by atoms with van der Waals surface area (Å²) in [6, 6.07) is 21.1. The van der Waals surface area contributed by atoms with Crippen LogP contribution in [0.4, 0.5) is 5.69 Å². The Kier molecular flexibility index (Phi) is 6.84. The van der Waals surface area contributed by atoms with Crippen LogP contribution in [-0.2, 0) is 11.2 Å². The van der Waals surface area contributed by atoms with Crippen molar-refractivity contribution in [3.8, 4) is 0 Å². The number of piperidine rings is 1. The predicted molar refractivity (Wildman–Crippen MR) is 108 cm³/mol. The van der Waals surface area contributed by atoms with Crippen LogP contribution in [-0.4, -0.2) is 25.0 Å². The van der Waals surface area contributed by atoms with E-state index in [9.17, 15) is 4.79 Å². The number of hydrogen-bond donors (Lipinski definition) is 1. The van der Waals surface area contributed by atoms with Crippen LogP contribution in [0.3, 0.4) is 0 Å². The van der Waals surface area contributed by atoms with Gasteiger partial charge in [-0.15, -0.1) is 0 Å². The summed E-state index contributed by atoms with van der Waals surface area (Å²) in [6.07, 6.45) is 4.92. The summed E-state index contributed by atoms with van der Waals surface area (Å²) in [5.41, 5.74) is 2.38. The van der Waals surface area contributed by atoms with Gasteiger partial charge in [0, 0.05) is 18.2 Å². The van der Waals surface area contributed by atoms with E-state index < -0.39 is 0 Å². The summed E-state index contributed by atoms with van der Waals surface area (Å²) in [5.74, 6) is 0.725. The van der Waals surface area contributed by atoms with E-state index in [0.717, 1.165) is 31.6 Å². The van der Waals surface area contributed by atoms with Gasteiger partial charge in [0.25, 0.3) is 0 Å². The average molecular weight is 351 g/mol. The smallest absolute Gasteiger partial charge is 0.226 e. The molecule has 0 bridgehead atoms. The Balaban J connectivity index is 1.86. The molecule has 1 fully saturated rings. The van der Waals surface area contributed by atoms with Crippen molar-refractivity contribution in [3.63, 3.8) is 0 Å². The molecule has 138 valence electrons. The number of carbonyl (C=O) groups is 1. The number of para-hydroxylation sites is 1. The molecule has 1 saturated heterocycles. The number of benzene rings is 2. The molecule has 1 aliphatic heterocycles. The quantitative estimate of drug-likeness (QED) is 0.801. The maximum atomic E-state index is 12.9. The lowest BCUT2D eigenvalue weighted by Crippen LogP contribution is -2.49. The van der Waals surface area contributed by atoms with E-state index in [2.05, 4.69) is 52.7 Å². The van der Waals surface area contributed by atoms with Crippen molar-refractivity contribution in [2.24, 2.45) is 5.92 Å². The number of rotatable bonds is 7. The SMILES string of the molecule is CCC(=O)N(c1ccccc1)[C@@H](CCc1ccccc1)C1CCCNC1. The molecule has 3 rings (SSSR count). The van der Waals surface area contributed by atoms with Crippen molar-refractivity contribution in [1.82, 2.24) is 5.32 Å². The number of hydrogen-bond acceptors (Lipinski definition) is 2. The lowest BCUT2D eigenvalue weighted by Gasteiger charge is -2.39. The zero-order valence-electron chi connectivity index (χ0n) is 15.7. The first-order chi connectivity index (χ1) is 12.8. The first-order valence-electron chi connectivity index (χ1n) is 9.91. The highest BCUT2D eigenvalue weighted by Crippen LogP contribution is 2.29. The van der Waals surface area contributed by atoms with Crippen LogP contribution in [0.5, 0.6) is 0 Å². The molecule has 3 nitrogen and oxygen atoms in total. The van der Waals surface area contributed by atoms with Crippen molar-refractivity contribution in [2.75, 3.05) is 18.0 Å². The van der Waals surface area contributed by atoms with Crippen LogP contribution < -0.4 is 10.2 Å². The second-order valence-electron chi connectivity index (χ2n) is 7.15. The maximum Gasteiger partial charge on any atom is 0.226 e. The van der Waals surface area contributed by atoms with Gasteiger partial charge >= 0.3 is 0 Å². The Morgan fingerprint density at radius 1 is 1.12 bits per heavy atom. The monoisotopic (exact) mass is 350 g/mol. The molecule has 0 aromatic heterocycles. The average Bonchev–Trinajstić information content (AvgIpc) is 2.72. The van der Waals surface area contributed by atoms with Crippen molar-refractivity contribution < 1.29 is 4.79 Å². The fraction of sp³-hybridized carbons (Fsp3) is 0.435. The van der Waals surface area contributed by atoms with Crippen LogP contribution >= 0.6 is 0 Å². The Labute approximate surface area is 157 Å². The topological polar surface area (TPSA) is 32.3 Å². The van der Waals surface area contributed by atoms with E-state index in [1.54, 1.807) is 0 Å². The van der Waals surface area contributed by atoms with Crippen molar-refractivity contribution in [2.45, 2.75) is 45.1 Å². The summed E-state index contributed by atoms with van der Waals surface area (Å²) in [6.45, 7) is 4.06. The van der Waals surface area contributed by atoms with E-state index in [-0.39, 0.29) is 11.9 Å². The molecule has 0 aliphatic carbocycles. The summed E-state index contributed by atoms with van der Waals surface area (Å²) >= 11 is 0. The molecular weight excluding hydrogens is 320 g/mol. The van der Waals surface area contributed by atoms with E-state index >= 15 is 0 Å². The molecule has 2 aromatic rings. The molecule has 1 unspecified atom stereocenters. The molecule has 1 amide bonds. The predicted octanol–water partition coefficient (Wildman–Crippen LogP) is 4.43. The highest BCUT2D eigenvalue weighted by atomic mass is 16.2. The summed E-state index contributed by atoms with van der Waals surface area (Å²) < 4.78 is 0. The van der Waals surface area contributed by atoms with Gasteiger partial charge in [0.1, 0.15) is 0 Å². The molecular formula is C23H30N2O. The van der Waals surface area contributed by atoms with Crippen LogP contribution in [0.25, 0.3) is 0 Å². The largest absolute Gasteiger partial charge is 0.316 e. The Morgan fingerprint density at radius 3 is 2.42 bits per heavy atom. The first kappa shape index (κ1) is 18.7. The van der Waals surface area contributed by atoms with Gasteiger partial charge in [-0.3, -0.25) is 4.79 Å². The van der Waals surface area contributed by atoms with Gasteiger partial charge in [0.15, 0.2) is 0 Å². The number of aryl methyl sites for hydroxylation is 1. The molecule has 1 aliphatic rings. The lowest BCUT2D eigenvalue weighted by molar-refractivity contribution is -0.119. The normalized spacial score (nSPS) is 18.3. The number of nitrogens with zero attached hydrogens (tertiary/aromatic N) is 1. The molecule has 2 aromatic carbocycles. The van der Waals surface area contributed by atoms with Crippen molar-refractivity contribution in [3.05, 3.63) is 66.2 Å². The zero-order valence-corrected chi connectivity index (χ0v) is 15.7. The highest BCUT2D eigenvalue weighted by Gasteiger charge is 2.31. The second kappa shape index (κ2) is 9.54. The van der Waals surface area contributed by atoms with Crippen LogP contribution in [0.2, 0.25) is 0 Å². The summed E-state index contributed by atoms with van der Waals surface area (Å²) in [5, 5.41) is 3.54. The number of anilines is 1. The molecule has 2 atom stereocenters. The minimum Gasteiger partial charge on any atom is -0.316 e. The van der Waals surface area contributed by atoms with Gasteiger partial charge in [-0.2, -0.15) is 0 Å². The fourth-order valence-corrected chi connectivity index (χ4v) is 4.02. The van der Waals surface area contributed by atoms with E-state index in [4.69, 9.17) is 0 Å². The standard InChI is InChI=1S/C23H30N2O/c1-2-23(26)25(21-13-7-4-8-14-21)22(20-12-9-17-24-18-20)16-15-19-10-5-3-6-11-19/h3-8,10-11,13-14,20,22,24H,2,9,12,15-18H2,1H3/t20?,22-/m0/s1. The fourth-order valence-electron chi connectivity index (χ4n) is 4.02. The van der Waals surface area contributed by atoms with Crippen molar-refractivity contribution in [1.29, 1.82) is 0 Å². The molecule has 1 heterocycles. The van der Waals surface area contributed by atoms with Crippen LogP contribution in [0, 0.1) is 5.92 Å². The Bertz CT molecular complexity index is 665. The van der Waals surface area contributed by atoms with Gasteiger partial charge < -0.3 is 10.2 Å². The van der Waals surface area contributed by atoms with Crippen LogP contribution in [0.1, 0.15) is 38.2 Å². The zero-order chi connectivity index (χ0) is 18.2. The Hall–Kier alpha value is -2.13. The van der Waals surface area contributed by atoms with Crippen molar-refractivity contribution >= 4 is 11.6 Å². The minimum absolute atomic E-state index is 0.222. The lowest BCUT2D eigenvalue weighted by atomic mass is 9.86. The highest BCUT2D eigenvalue weighted by molar-refractivity contribution is 5.93. The minimum atomic E-state index is 0.222. The first-order valence-corrected chi connectivity index (χ1v) is 9.91. The molecule has 0 radical (unpaired) electrons. The molecule has 3 heteroatoms. The second-order valence-corrected chi connectivity index (χ2v) is 7.15. The number of nitrogens with one attached hydrogen (secondary N) is 1. The van der Waals surface area contributed by atoms with Gasteiger partial charge in [-0.05, 0) is 62.4 Å². The summed E-state index contributed by atoms with van der Waals surface area (Å²) in [4.78, 5) is 15.0. The molecule has 26 heavy (non-hydrogen) atoms. The molecule has 1 N–H and O–H groups in total. The molecule has 0 saturated carbocycles. The maximum absolute atomic E-state index is 12.9. The van der Waals surface area contributed by atoms with E-state index in [0.29, 0.717) is 12.3 Å². The van der Waals surface area contributed by atoms with Gasteiger partial charge in [0.05, 0.1) is 0 Å². The third-order valence-electron chi connectivity index (χ3n) is 5.39. The number of amides is 1. The van der Waals surface area contributed by atoms with Gasteiger partial charge in [-0.1, -0.05) is 55.5 Å². The molecule has 0 spiro atoms. The number of carbonyl (C=O) groups excluding carboxylic acids is 1. The van der Waals surface area contributed by atoms with Crippen LogP contribution in [0.15, 0.2) is 60.7 Å². The van der Waals surface area contributed by atoms with E-state index in [1.807, 2.05) is 25.1 Å². The summed E-state index contributed by atoms with van der Waals surface area (Å²) in [7, 11) is 0. The third kappa shape index (κ3) is 4.73. The third-order valence-corrected chi connectivity index (χ3v) is 5.39.